The third kappa shape index (κ3) is 3.14. The largest absolute Gasteiger partial charge is 0.469 e. The van der Waals surface area contributed by atoms with Gasteiger partial charge in [0.1, 0.15) is 17.1 Å². The molecule has 25 heavy (non-hydrogen) atoms. The number of methoxy groups -OCH3 is 1. The molecule has 0 spiro atoms. The summed E-state index contributed by atoms with van der Waals surface area (Å²) < 4.78 is 23.2. The third-order valence-corrected chi connectivity index (χ3v) is 4.66. The SMILES string of the molecule is COC(=O)[C@H]1CN(C(=O)c2c(C)noc2C)C[C@@H]1c1ccc(F)cc1. The van der Waals surface area contributed by atoms with Crippen LogP contribution in [0.4, 0.5) is 4.39 Å². The summed E-state index contributed by atoms with van der Waals surface area (Å²) in [5.41, 5.74) is 1.73. The lowest BCUT2D eigenvalue weighted by atomic mass is 9.89. The van der Waals surface area contributed by atoms with Crippen LogP contribution in [-0.4, -0.2) is 42.1 Å². The standard InChI is InChI=1S/C18H19FN2O4/c1-10-16(11(2)25-20-10)17(22)21-8-14(15(9-21)18(23)24-3)12-4-6-13(19)7-5-12/h4-7,14-15H,8-9H2,1-3H3/t14-,15+/m1/s1. The molecular weight excluding hydrogens is 327 g/mol. The quantitative estimate of drug-likeness (QED) is 0.798. The first-order valence-corrected chi connectivity index (χ1v) is 7.97. The first-order valence-electron chi connectivity index (χ1n) is 7.97. The summed E-state index contributed by atoms with van der Waals surface area (Å²) in [6, 6.07) is 5.98. The summed E-state index contributed by atoms with van der Waals surface area (Å²) in [7, 11) is 1.32. The van der Waals surface area contributed by atoms with Crippen LogP contribution >= 0.6 is 0 Å². The van der Waals surface area contributed by atoms with Gasteiger partial charge in [0.15, 0.2) is 0 Å². The second-order valence-electron chi connectivity index (χ2n) is 6.20. The molecule has 1 aliphatic heterocycles. The molecule has 0 aliphatic carbocycles. The number of hydrogen-bond donors (Lipinski definition) is 0. The van der Waals surface area contributed by atoms with E-state index in [1.165, 1.54) is 19.2 Å². The van der Waals surface area contributed by atoms with Gasteiger partial charge >= 0.3 is 5.97 Å². The molecule has 1 aliphatic rings. The number of benzene rings is 1. The van der Waals surface area contributed by atoms with Crippen LogP contribution in [0.3, 0.4) is 0 Å². The molecule has 7 heteroatoms. The van der Waals surface area contributed by atoms with Gasteiger partial charge in [-0.2, -0.15) is 0 Å². The van der Waals surface area contributed by atoms with E-state index in [1.807, 2.05) is 0 Å². The fourth-order valence-electron chi connectivity index (χ4n) is 3.35. The van der Waals surface area contributed by atoms with E-state index in [4.69, 9.17) is 9.26 Å². The molecule has 3 rings (SSSR count). The minimum Gasteiger partial charge on any atom is -0.469 e. The van der Waals surface area contributed by atoms with Gasteiger partial charge in [-0.1, -0.05) is 17.3 Å². The monoisotopic (exact) mass is 346 g/mol. The molecule has 1 amide bonds. The molecule has 1 saturated heterocycles. The molecule has 0 N–H and O–H groups in total. The van der Waals surface area contributed by atoms with Gasteiger partial charge in [-0.3, -0.25) is 9.59 Å². The zero-order valence-electron chi connectivity index (χ0n) is 14.3. The van der Waals surface area contributed by atoms with Crippen molar-refractivity contribution in [1.29, 1.82) is 0 Å². The summed E-state index contributed by atoms with van der Waals surface area (Å²) in [4.78, 5) is 26.6. The topological polar surface area (TPSA) is 72.6 Å². The van der Waals surface area contributed by atoms with Gasteiger partial charge < -0.3 is 14.2 Å². The Morgan fingerprint density at radius 1 is 1.24 bits per heavy atom. The molecule has 0 radical (unpaired) electrons. The highest BCUT2D eigenvalue weighted by Gasteiger charge is 2.42. The van der Waals surface area contributed by atoms with Crippen LogP contribution < -0.4 is 0 Å². The normalized spacial score (nSPS) is 19.9. The molecule has 1 fully saturated rings. The number of aromatic nitrogens is 1. The van der Waals surface area contributed by atoms with Crippen molar-refractivity contribution in [3.63, 3.8) is 0 Å². The van der Waals surface area contributed by atoms with Crippen molar-refractivity contribution in [2.24, 2.45) is 5.92 Å². The number of amides is 1. The molecule has 132 valence electrons. The summed E-state index contributed by atoms with van der Waals surface area (Å²) >= 11 is 0. The highest BCUT2D eigenvalue weighted by atomic mass is 19.1. The number of esters is 1. The number of aryl methyl sites for hydroxylation is 2. The lowest BCUT2D eigenvalue weighted by Crippen LogP contribution is -2.30. The number of carbonyl (C=O) groups is 2. The molecule has 2 heterocycles. The summed E-state index contributed by atoms with van der Waals surface area (Å²) in [6.07, 6.45) is 0. The maximum atomic E-state index is 13.2. The van der Waals surface area contributed by atoms with Gasteiger partial charge in [0, 0.05) is 19.0 Å². The van der Waals surface area contributed by atoms with Crippen LogP contribution in [-0.2, 0) is 9.53 Å². The highest BCUT2D eigenvalue weighted by Crippen LogP contribution is 2.35. The second kappa shape index (κ2) is 6.66. The molecule has 1 aromatic carbocycles. The molecular formula is C18H19FN2O4. The van der Waals surface area contributed by atoms with Gasteiger partial charge in [0.2, 0.25) is 0 Å². The lowest BCUT2D eigenvalue weighted by Gasteiger charge is -2.16. The Kier molecular flexibility index (Phi) is 4.57. The Labute approximate surface area is 144 Å². The molecule has 0 saturated carbocycles. The first-order chi connectivity index (χ1) is 11.9. The number of nitrogens with zero attached hydrogens (tertiary/aromatic N) is 2. The van der Waals surface area contributed by atoms with Crippen molar-refractivity contribution in [3.05, 3.63) is 52.7 Å². The van der Waals surface area contributed by atoms with Crippen molar-refractivity contribution in [2.75, 3.05) is 20.2 Å². The van der Waals surface area contributed by atoms with E-state index in [9.17, 15) is 14.0 Å². The predicted octanol–water partition coefficient (Wildman–Crippen LogP) is 2.46. The Balaban J connectivity index is 1.90. The Bertz CT molecular complexity index is 780. The molecule has 1 aromatic heterocycles. The maximum Gasteiger partial charge on any atom is 0.311 e. The predicted molar refractivity (Wildman–Crippen MR) is 86.5 cm³/mol. The smallest absolute Gasteiger partial charge is 0.311 e. The van der Waals surface area contributed by atoms with Gasteiger partial charge in [0.25, 0.3) is 5.91 Å². The van der Waals surface area contributed by atoms with E-state index < -0.39 is 5.92 Å². The Morgan fingerprint density at radius 3 is 2.48 bits per heavy atom. The zero-order valence-corrected chi connectivity index (χ0v) is 14.3. The van der Waals surface area contributed by atoms with Crippen molar-refractivity contribution in [2.45, 2.75) is 19.8 Å². The average Bonchev–Trinajstić information content (AvgIpc) is 3.18. The second-order valence-corrected chi connectivity index (χ2v) is 6.20. The van der Waals surface area contributed by atoms with Crippen LogP contribution in [0.25, 0.3) is 0 Å². The average molecular weight is 346 g/mol. The lowest BCUT2D eigenvalue weighted by molar-refractivity contribution is -0.145. The van der Waals surface area contributed by atoms with E-state index in [0.717, 1.165) is 5.56 Å². The van der Waals surface area contributed by atoms with E-state index in [2.05, 4.69) is 5.16 Å². The zero-order chi connectivity index (χ0) is 18.1. The number of hydrogen-bond acceptors (Lipinski definition) is 5. The van der Waals surface area contributed by atoms with E-state index in [-0.39, 0.29) is 30.2 Å². The van der Waals surface area contributed by atoms with Gasteiger partial charge in [0.05, 0.1) is 18.7 Å². The van der Waals surface area contributed by atoms with Crippen molar-refractivity contribution in [1.82, 2.24) is 10.1 Å². The molecule has 6 nitrogen and oxygen atoms in total. The van der Waals surface area contributed by atoms with Crippen LogP contribution in [0.5, 0.6) is 0 Å². The Morgan fingerprint density at radius 2 is 1.92 bits per heavy atom. The number of halogens is 1. The van der Waals surface area contributed by atoms with Gasteiger partial charge in [-0.05, 0) is 31.5 Å². The van der Waals surface area contributed by atoms with Crippen molar-refractivity contribution < 1.29 is 23.2 Å². The molecule has 0 bridgehead atoms. The van der Waals surface area contributed by atoms with Crippen molar-refractivity contribution >= 4 is 11.9 Å². The fourth-order valence-corrected chi connectivity index (χ4v) is 3.35. The van der Waals surface area contributed by atoms with Gasteiger partial charge in [-0.25, -0.2) is 4.39 Å². The highest BCUT2D eigenvalue weighted by molar-refractivity contribution is 5.96. The fraction of sp³-hybridized carbons (Fsp3) is 0.389. The summed E-state index contributed by atoms with van der Waals surface area (Å²) in [5.74, 6) is -1.27. The number of ether oxygens (including phenoxy) is 1. The third-order valence-electron chi connectivity index (χ3n) is 4.66. The number of carbonyl (C=O) groups excluding carboxylic acids is 2. The van der Waals surface area contributed by atoms with E-state index >= 15 is 0 Å². The minimum atomic E-state index is -0.500. The molecule has 0 unspecified atom stereocenters. The van der Waals surface area contributed by atoms with Crippen LogP contribution in [0.2, 0.25) is 0 Å². The summed E-state index contributed by atoms with van der Waals surface area (Å²) in [5, 5.41) is 3.81. The van der Waals surface area contributed by atoms with E-state index in [0.29, 0.717) is 23.6 Å². The molecule has 2 aromatic rings. The van der Waals surface area contributed by atoms with Crippen molar-refractivity contribution in [3.8, 4) is 0 Å². The number of likely N-dealkylation sites (tertiary alicyclic amines) is 1. The Hall–Kier alpha value is -2.70. The number of rotatable bonds is 3. The first kappa shape index (κ1) is 17.1. The molecule has 2 atom stereocenters. The minimum absolute atomic E-state index is 0.227. The van der Waals surface area contributed by atoms with E-state index in [1.54, 1.807) is 30.9 Å². The summed E-state index contributed by atoms with van der Waals surface area (Å²) in [6.45, 7) is 3.96. The van der Waals surface area contributed by atoms with Crippen LogP contribution in [0.15, 0.2) is 28.8 Å². The van der Waals surface area contributed by atoms with Crippen LogP contribution in [0, 0.1) is 25.6 Å². The van der Waals surface area contributed by atoms with Crippen LogP contribution in [0.1, 0.15) is 33.3 Å². The van der Waals surface area contributed by atoms with Gasteiger partial charge in [-0.15, -0.1) is 0 Å². The maximum absolute atomic E-state index is 13.2.